The highest BCUT2D eigenvalue weighted by molar-refractivity contribution is 5.96. The smallest absolute Gasteiger partial charge is 0.246 e. The first-order chi connectivity index (χ1) is 34.6. The number of ether oxygens (including phenoxy) is 1. The molecule has 3 aromatic carbocycles. The van der Waals surface area contributed by atoms with Crippen molar-refractivity contribution < 1.29 is 38.3 Å². The largest absolute Gasteiger partial charge is 0.382 e. The van der Waals surface area contributed by atoms with Crippen LogP contribution in [0.25, 0.3) is 0 Å². The van der Waals surface area contributed by atoms with Crippen LogP contribution in [0.15, 0.2) is 78.9 Å². The number of rotatable bonds is 18. The van der Waals surface area contributed by atoms with Crippen LogP contribution in [0.2, 0.25) is 0 Å². The minimum Gasteiger partial charge on any atom is -0.382 e. The zero-order valence-electron chi connectivity index (χ0n) is 44.7. The van der Waals surface area contributed by atoms with E-state index < -0.39 is 89.3 Å². The molecule has 2 heterocycles. The van der Waals surface area contributed by atoms with Crippen LogP contribution in [-0.4, -0.2) is 139 Å². The quantitative estimate of drug-likeness (QED) is 0.109. The second-order valence-corrected chi connectivity index (χ2v) is 22.1. The third-order valence-corrected chi connectivity index (χ3v) is 14.7. The molecule has 9 atom stereocenters. The van der Waals surface area contributed by atoms with Crippen molar-refractivity contribution in [2.75, 3.05) is 40.9 Å². The number of likely N-dealkylation sites (tertiary alicyclic amines) is 1. The van der Waals surface area contributed by atoms with E-state index >= 15 is 9.59 Å². The van der Waals surface area contributed by atoms with Gasteiger partial charge in [-0.05, 0) is 92.3 Å². The monoisotopic (exact) mass is 1010 g/mol. The summed E-state index contributed by atoms with van der Waals surface area (Å²) in [6.45, 7) is 14.1. The zero-order chi connectivity index (χ0) is 53.4. The number of nitrogens with zero attached hydrogens (tertiary/aromatic N) is 3. The summed E-state index contributed by atoms with van der Waals surface area (Å²) in [5.74, 6) is -3.07. The fourth-order valence-electron chi connectivity index (χ4n) is 10.2. The Hall–Kier alpha value is -6.17. The number of hydrogen-bond acceptors (Lipinski definition) is 10. The number of aryl methyl sites for hydroxylation is 1. The summed E-state index contributed by atoms with van der Waals surface area (Å²) in [7, 11) is 4.83. The number of nitrogens with one attached hydrogen (secondary N) is 6. The Bertz CT molecular complexity index is 2450. The SMILES string of the molecule is CN[C@@H](C)C(=O)NC(C(=O)N1Cc2ccccc2C[C@H]1C(=O)N(CC(=O)N[C@H]1C[C@@H](C(=O)N[C@@H]2CCCc3ccccc32)N(C(=O)[C@@H](NC(=O)[C@H](C)NC)C(C)(C)C)C1)[C@@H](COC)c1ccccc1)C(C)(C)C. The molecule has 17 heteroatoms. The summed E-state index contributed by atoms with van der Waals surface area (Å²) in [6, 6.07) is 17.7. The molecule has 2 aliphatic heterocycles. The number of likely N-dealkylation sites (N-methyl/N-ethyl adjacent to an activating group) is 2. The summed E-state index contributed by atoms with van der Waals surface area (Å²) in [6.07, 6.45) is 2.70. The van der Waals surface area contributed by atoms with E-state index in [1.54, 1.807) is 27.9 Å². The molecule has 0 aromatic heterocycles. The van der Waals surface area contributed by atoms with E-state index in [9.17, 15) is 24.0 Å². The number of carbonyl (C=O) groups excluding carboxylic acids is 7. The third-order valence-electron chi connectivity index (χ3n) is 14.7. The lowest BCUT2D eigenvalue weighted by Crippen LogP contribution is -2.62. The highest BCUT2D eigenvalue weighted by Gasteiger charge is 2.48. The van der Waals surface area contributed by atoms with Crippen LogP contribution in [0.5, 0.6) is 0 Å². The number of benzene rings is 3. The molecule has 0 spiro atoms. The van der Waals surface area contributed by atoms with Crippen molar-refractivity contribution in [1.29, 1.82) is 0 Å². The van der Waals surface area contributed by atoms with Gasteiger partial charge < -0.3 is 51.3 Å². The van der Waals surface area contributed by atoms with E-state index in [-0.39, 0.29) is 56.3 Å². The van der Waals surface area contributed by atoms with Crippen LogP contribution in [0.4, 0.5) is 0 Å². The zero-order valence-corrected chi connectivity index (χ0v) is 44.7. The van der Waals surface area contributed by atoms with Crippen LogP contribution in [-0.2, 0) is 57.7 Å². The van der Waals surface area contributed by atoms with Gasteiger partial charge in [0.15, 0.2) is 0 Å². The Balaban J connectivity index is 1.34. The number of methoxy groups -OCH3 is 1. The Morgan fingerprint density at radius 2 is 1.25 bits per heavy atom. The van der Waals surface area contributed by atoms with E-state index in [2.05, 4.69) is 38.0 Å². The number of fused-ring (bicyclic) bond motifs is 2. The summed E-state index contributed by atoms with van der Waals surface area (Å²) < 4.78 is 5.76. The Morgan fingerprint density at radius 3 is 1.82 bits per heavy atom. The topological polar surface area (TPSA) is 211 Å². The van der Waals surface area contributed by atoms with Crippen molar-refractivity contribution in [3.63, 3.8) is 0 Å². The van der Waals surface area contributed by atoms with Crippen molar-refractivity contribution in [2.24, 2.45) is 10.8 Å². The molecule has 0 radical (unpaired) electrons. The maximum atomic E-state index is 15.7. The average Bonchev–Trinajstić information content (AvgIpc) is 3.79. The molecule has 396 valence electrons. The first kappa shape index (κ1) is 56.1. The molecular weight excluding hydrogens is 927 g/mol. The molecule has 0 saturated carbocycles. The Morgan fingerprint density at radius 1 is 0.699 bits per heavy atom. The van der Waals surface area contributed by atoms with Crippen molar-refractivity contribution in [2.45, 2.75) is 148 Å². The molecule has 6 N–H and O–H groups in total. The van der Waals surface area contributed by atoms with Crippen LogP contribution in [0.1, 0.15) is 115 Å². The molecule has 1 fully saturated rings. The van der Waals surface area contributed by atoms with Gasteiger partial charge in [-0.3, -0.25) is 33.6 Å². The highest BCUT2D eigenvalue weighted by atomic mass is 16.5. The second-order valence-electron chi connectivity index (χ2n) is 22.1. The normalized spacial score (nSPS) is 20.8. The number of amides is 7. The van der Waals surface area contributed by atoms with Gasteiger partial charge in [0.1, 0.15) is 30.7 Å². The molecule has 7 amide bonds. The van der Waals surface area contributed by atoms with Crippen molar-refractivity contribution in [3.8, 4) is 0 Å². The predicted molar refractivity (Wildman–Crippen MR) is 279 cm³/mol. The molecule has 3 aromatic rings. The molecule has 1 unspecified atom stereocenters. The van der Waals surface area contributed by atoms with Crippen molar-refractivity contribution in [3.05, 3.63) is 107 Å². The Labute approximate surface area is 431 Å². The van der Waals surface area contributed by atoms with E-state index in [0.717, 1.165) is 41.5 Å². The van der Waals surface area contributed by atoms with Crippen LogP contribution in [0.3, 0.4) is 0 Å². The summed E-state index contributed by atoms with van der Waals surface area (Å²) >= 11 is 0. The van der Waals surface area contributed by atoms with Gasteiger partial charge in [-0.2, -0.15) is 0 Å². The van der Waals surface area contributed by atoms with E-state index in [1.807, 2.05) is 114 Å². The van der Waals surface area contributed by atoms with Gasteiger partial charge in [-0.25, -0.2) is 0 Å². The first-order valence-corrected chi connectivity index (χ1v) is 25.7. The van der Waals surface area contributed by atoms with Crippen LogP contribution < -0.4 is 31.9 Å². The molecule has 0 bridgehead atoms. The first-order valence-electron chi connectivity index (χ1n) is 25.7. The maximum Gasteiger partial charge on any atom is 0.246 e. The molecular formula is C56H79N9O8. The van der Waals surface area contributed by atoms with Crippen molar-refractivity contribution >= 4 is 41.4 Å². The summed E-state index contributed by atoms with van der Waals surface area (Å²) in [4.78, 5) is 106. The van der Waals surface area contributed by atoms with Gasteiger partial charge in [0.25, 0.3) is 0 Å². The standard InChI is InChI=1S/C56H79N9O8/c1-34(57-9)49(67)61-47(55(3,4)5)53(71)63-30-39-24-16-15-23-38(39)28-44(63)52(70)65(45(33-73-11)37-21-13-12-14-22-37)32-46(66)59-40-29-43(51(69)60-42-27-19-25-36-20-17-18-26-41(36)42)64(31-40)54(72)48(56(6,7)8)62-50(68)35(2)58-10/h12-18,20-24,26,34-35,40,42-45,47-48,57-58H,19,25,27-33H2,1-11H3,(H,59,66)(H,60,69)(H,61,67)(H,62,68)/t34-,35-,40-,42+,43-,44-,45-,47?,48+/m0/s1. The van der Waals surface area contributed by atoms with Gasteiger partial charge in [0.05, 0.1) is 30.8 Å². The predicted octanol–water partition coefficient (Wildman–Crippen LogP) is 3.71. The highest BCUT2D eigenvalue weighted by Crippen LogP contribution is 2.34. The minimum absolute atomic E-state index is 0.00714. The van der Waals surface area contributed by atoms with E-state index in [0.29, 0.717) is 5.56 Å². The number of hydrogen-bond donors (Lipinski definition) is 6. The van der Waals surface area contributed by atoms with Gasteiger partial charge in [0.2, 0.25) is 41.4 Å². The fourth-order valence-corrected chi connectivity index (χ4v) is 10.2. The van der Waals surface area contributed by atoms with E-state index in [1.165, 1.54) is 21.8 Å². The lowest BCUT2D eigenvalue weighted by molar-refractivity contribution is -0.153. The van der Waals surface area contributed by atoms with E-state index in [4.69, 9.17) is 4.74 Å². The molecule has 3 aliphatic rings. The maximum absolute atomic E-state index is 15.7. The van der Waals surface area contributed by atoms with Gasteiger partial charge in [-0.15, -0.1) is 0 Å². The molecule has 6 rings (SSSR count). The summed E-state index contributed by atoms with van der Waals surface area (Å²) in [5.41, 5.74) is 3.09. The van der Waals surface area contributed by atoms with Gasteiger partial charge in [0, 0.05) is 32.7 Å². The molecule has 1 saturated heterocycles. The second kappa shape index (κ2) is 24.2. The lowest BCUT2D eigenvalue weighted by atomic mass is 9.84. The lowest BCUT2D eigenvalue weighted by Gasteiger charge is -2.43. The van der Waals surface area contributed by atoms with Crippen molar-refractivity contribution in [1.82, 2.24) is 46.6 Å². The molecule has 1 aliphatic carbocycles. The van der Waals surface area contributed by atoms with Crippen LogP contribution in [0, 0.1) is 10.8 Å². The molecule has 73 heavy (non-hydrogen) atoms. The minimum atomic E-state index is -1.09. The fraction of sp³-hybridized carbons (Fsp3) is 0.554. The molecule has 17 nitrogen and oxygen atoms in total. The summed E-state index contributed by atoms with van der Waals surface area (Å²) in [5, 5.41) is 18.1. The van der Waals surface area contributed by atoms with Crippen LogP contribution >= 0.6 is 0 Å². The number of carbonyl (C=O) groups is 7. The third kappa shape index (κ3) is 13.5. The average molecular weight is 1010 g/mol. The van der Waals surface area contributed by atoms with Gasteiger partial charge >= 0.3 is 0 Å². The Kier molecular flexibility index (Phi) is 18.6. The van der Waals surface area contributed by atoms with Gasteiger partial charge in [-0.1, -0.05) is 120 Å².